The molecule has 23 heavy (non-hydrogen) atoms. The molecule has 3 fully saturated rings. The Morgan fingerprint density at radius 1 is 1.39 bits per heavy atom. The average molecular weight is 322 g/mol. The zero-order valence-corrected chi connectivity index (χ0v) is 13.5. The van der Waals surface area contributed by atoms with Crippen molar-refractivity contribution in [2.45, 2.75) is 63.8 Å². The van der Waals surface area contributed by atoms with Crippen molar-refractivity contribution in [3.05, 3.63) is 11.7 Å². The molecule has 0 aliphatic heterocycles. The van der Waals surface area contributed by atoms with Crippen LogP contribution in [0.4, 0.5) is 4.79 Å². The molecule has 3 saturated carbocycles. The lowest BCUT2D eigenvalue weighted by Gasteiger charge is -2.46. The summed E-state index contributed by atoms with van der Waals surface area (Å²) in [5.74, 6) is 2.20. The summed E-state index contributed by atoms with van der Waals surface area (Å²) in [6, 6.07) is -0.327. The minimum Gasteiger partial charge on any atom is -0.465 e. The molecule has 0 saturated heterocycles. The van der Waals surface area contributed by atoms with Gasteiger partial charge >= 0.3 is 6.09 Å². The minimum atomic E-state index is -1.01. The van der Waals surface area contributed by atoms with Gasteiger partial charge in [-0.15, -0.1) is 0 Å². The van der Waals surface area contributed by atoms with Gasteiger partial charge in [0.05, 0.1) is 6.04 Å². The third kappa shape index (κ3) is 4.02. The summed E-state index contributed by atoms with van der Waals surface area (Å²) in [6.07, 6.45) is 9.06. The largest absolute Gasteiger partial charge is 0.465 e. The van der Waals surface area contributed by atoms with Crippen molar-refractivity contribution in [2.75, 3.05) is 6.54 Å². The third-order valence-electron chi connectivity index (χ3n) is 5.55. The van der Waals surface area contributed by atoms with Gasteiger partial charge in [0.2, 0.25) is 5.89 Å². The smallest absolute Gasteiger partial charge is 0.404 e. The first-order chi connectivity index (χ1) is 11.1. The number of amides is 1. The monoisotopic (exact) mass is 322 g/mol. The summed E-state index contributed by atoms with van der Waals surface area (Å²) in [5.41, 5.74) is 6.44. The first kappa shape index (κ1) is 16.2. The van der Waals surface area contributed by atoms with E-state index in [1.807, 2.05) is 0 Å². The number of carboxylic acid groups (broad SMARTS) is 1. The number of nitrogens with zero attached hydrogens (tertiary/aromatic N) is 2. The number of nitrogens with one attached hydrogen (secondary N) is 1. The van der Waals surface area contributed by atoms with Gasteiger partial charge < -0.3 is 20.7 Å². The highest BCUT2D eigenvalue weighted by Gasteiger charge is 2.41. The molecule has 7 nitrogen and oxygen atoms in total. The van der Waals surface area contributed by atoms with E-state index in [1.54, 1.807) is 0 Å². The van der Waals surface area contributed by atoms with Gasteiger partial charge in [-0.05, 0) is 62.7 Å². The number of rotatable bonds is 7. The molecular weight excluding hydrogens is 296 g/mol. The van der Waals surface area contributed by atoms with E-state index in [0.717, 1.165) is 18.2 Å². The van der Waals surface area contributed by atoms with Crippen molar-refractivity contribution in [1.29, 1.82) is 0 Å². The molecule has 0 aromatic carbocycles. The molecule has 4 N–H and O–H groups in total. The van der Waals surface area contributed by atoms with E-state index in [9.17, 15) is 4.79 Å². The zero-order chi connectivity index (χ0) is 16.3. The number of nitrogens with two attached hydrogens (primary N) is 1. The highest BCUT2D eigenvalue weighted by atomic mass is 16.5. The van der Waals surface area contributed by atoms with Gasteiger partial charge in [0.1, 0.15) is 0 Å². The van der Waals surface area contributed by atoms with E-state index in [4.69, 9.17) is 15.4 Å². The molecule has 2 bridgehead atoms. The summed E-state index contributed by atoms with van der Waals surface area (Å²) in [5, 5.41) is 15.0. The number of carbonyl (C=O) groups is 1. The van der Waals surface area contributed by atoms with Crippen LogP contribution in [0.5, 0.6) is 0 Å². The topological polar surface area (TPSA) is 114 Å². The first-order valence-electron chi connectivity index (χ1n) is 8.61. The van der Waals surface area contributed by atoms with Crippen molar-refractivity contribution in [2.24, 2.45) is 17.1 Å². The van der Waals surface area contributed by atoms with Crippen LogP contribution >= 0.6 is 0 Å². The van der Waals surface area contributed by atoms with Crippen LogP contribution in [0.1, 0.15) is 69.1 Å². The van der Waals surface area contributed by atoms with Crippen LogP contribution in [0.3, 0.4) is 0 Å². The lowest BCUT2D eigenvalue weighted by Crippen LogP contribution is -2.36. The van der Waals surface area contributed by atoms with Crippen molar-refractivity contribution in [3.63, 3.8) is 0 Å². The van der Waals surface area contributed by atoms with E-state index in [-0.39, 0.29) is 6.04 Å². The summed E-state index contributed by atoms with van der Waals surface area (Å²) in [7, 11) is 0. The van der Waals surface area contributed by atoms with Gasteiger partial charge in [0.15, 0.2) is 5.82 Å². The van der Waals surface area contributed by atoms with Crippen LogP contribution in [0.25, 0.3) is 0 Å². The Labute approximate surface area is 136 Å². The number of hydrogen-bond acceptors (Lipinski definition) is 5. The lowest BCUT2D eigenvalue weighted by molar-refractivity contribution is 0.0629. The molecule has 1 aromatic rings. The Morgan fingerprint density at radius 2 is 2.09 bits per heavy atom. The molecule has 4 rings (SSSR count). The summed E-state index contributed by atoms with van der Waals surface area (Å²) < 4.78 is 5.33. The Hall–Kier alpha value is -1.63. The van der Waals surface area contributed by atoms with Crippen LogP contribution in [0.15, 0.2) is 4.52 Å². The maximum absolute atomic E-state index is 10.4. The van der Waals surface area contributed by atoms with E-state index in [0.29, 0.717) is 30.7 Å². The van der Waals surface area contributed by atoms with Gasteiger partial charge in [-0.25, -0.2) is 4.79 Å². The van der Waals surface area contributed by atoms with E-state index in [2.05, 4.69) is 15.5 Å². The SMILES string of the molecule is NC(CCCNC(=O)O)c1nc(CC23CCC(CC2)CC3)no1. The molecule has 1 unspecified atom stereocenters. The fraction of sp³-hybridized carbons (Fsp3) is 0.812. The minimum absolute atomic E-state index is 0.327. The zero-order valence-electron chi connectivity index (χ0n) is 13.5. The fourth-order valence-electron chi connectivity index (χ4n) is 4.07. The van der Waals surface area contributed by atoms with Crippen LogP contribution in [-0.4, -0.2) is 27.9 Å². The average Bonchev–Trinajstić information content (AvgIpc) is 3.01. The molecule has 1 atom stereocenters. The standard InChI is InChI=1S/C16H26N4O3/c17-12(2-1-9-18-15(21)22)14-19-13(20-23-14)10-16-6-3-11(4-7-16)5-8-16/h11-12,18H,1-10,17H2,(H,21,22). The van der Waals surface area contributed by atoms with Gasteiger partial charge in [-0.1, -0.05) is 5.16 Å². The quantitative estimate of drug-likeness (QED) is 0.665. The summed E-state index contributed by atoms with van der Waals surface area (Å²) in [4.78, 5) is 14.9. The maximum Gasteiger partial charge on any atom is 0.404 e. The molecular formula is C16H26N4O3. The molecule has 7 heteroatoms. The Balaban J connectivity index is 1.50. The molecule has 128 valence electrons. The van der Waals surface area contributed by atoms with Crippen LogP contribution in [0.2, 0.25) is 0 Å². The van der Waals surface area contributed by atoms with Crippen molar-refractivity contribution < 1.29 is 14.4 Å². The highest BCUT2D eigenvalue weighted by Crippen LogP contribution is 2.51. The molecule has 1 heterocycles. The van der Waals surface area contributed by atoms with E-state index < -0.39 is 6.09 Å². The van der Waals surface area contributed by atoms with Gasteiger partial charge in [-0.3, -0.25) is 0 Å². The van der Waals surface area contributed by atoms with Crippen LogP contribution in [-0.2, 0) is 6.42 Å². The third-order valence-corrected chi connectivity index (χ3v) is 5.55. The maximum atomic E-state index is 10.4. The molecule has 3 aliphatic carbocycles. The van der Waals surface area contributed by atoms with E-state index >= 15 is 0 Å². The lowest BCUT2D eigenvalue weighted by atomic mass is 9.59. The second-order valence-corrected chi connectivity index (χ2v) is 7.19. The molecule has 0 spiro atoms. The molecule has 1 aromatic heterocycles. The predicted molar refractivity (Wildman–Crippen MR) is 83.8 cm³/mol. The predicted octanol–water partition coefficient (Wildman–Crippen LogP) is 2.63. The molecule has 0 radical (unpaired) electrons. The highest BCUT2D eigenvalue weighted by molar-refractivity contribution is 5.64. The Morgan fingerprint density at radius 3 is 2.74 bits per heavy atom. The summed E-state index contributed by atoms with van der Waals surface area (Å²) >= 11 is 0. The summed E-state index contributed by atoms with van der Waals surface area (Å²) in [6.45, 7) is 0.383. The van der Waals surface area contributed by atoms with Crippen molar-refractivity contribution >= 4 is 6.09 Å². The first-order valence-corrected chi connectivity index (χ1v) is 8.61. The van der Waals surface area contributed by atoms with Crippen molar-refractivity contribution in [1.82, 2.24) is 15.5 Å². The molecule has 3 aliphatic rings. The Bertz CT molecular complexity index is 523. The van der Waals surface area contributed by atoms with Crippen LogP contribution in [0, 0.1) is 11.3 Å². The normalized spacial score (nSPS) is 27.8. The second-order valence-electron chi connectivity index (χ2n) is 7.19. The fourth-order valence-corrected chi connectivity index (χ4v) is 4.07. The molecule has 1 amide bonds. The number of fused-ring (bicyclic) bond motifs is 3. The van der Waals surface area contributed by atoms with E-state index in [1.165, 1.54) is 38.5 Å². The Kier molecular flexibility index (Phi) is 4.84. The second kappa shape index (κ2) is 6.86. The van der Waals surface area contributed by atoms with Gasteiger partial charge in [0.25, 0.3) is 0 Å². The number of hydrogen-bond donors (Lipinski definition) is 3. The van der Waals surface area contributed by atoms with Gasteiger partial charge in [-0.2, -0.15) is 4.98 Å². The number of aromatic nitrogens is 2. The van der Waals surface area contributed by atoms with Crippen molar-refractivity contribution in [3.8, 4) is 0 Å². The van der Waals surface area contributed by atoms with Crippen LogP contribution < -0.4 is 11.1 Å². The van der Waals surface area contributed by atoms with Gasteiger partial charge in [0, 0.05) is 13.0 Å².